The molecule has 0 spiro atoms. The molecule has 2 atom stereocenters. The molecule has 0 amide bonds. The van der Waals surface area contributed by atoms with Gasteiger partial charge in [-0.25, -0.2) is 0 Å². The fraction of sp³-hybridized carbons (Fsp3) is 0.643. The van der Waals surface area contributed by atoms with Crippen molar-refractivity contribution < 1.29 is 5.11 Å². The highest BCUT2D eigenvalue weighted by Crippen LogP contribution is 2.34. The first-order valence-electron chi connectivity index (χ1n) is 6.78. The molecule has 4 nitrogen and oxygen atoms in total. The lowest BCUT2D eigenvalue weighted by Crippen LogP contribution is -2.23. The number of hydrogen-bond acceptors (Lipinski definition) is 3. The van der Waals surface area contributed by atoms with Gasteiger partial charge < -0.3 is 10.0 Å². The Hall–Kier alpha value is -0.650. The van der Waals surface area contributed by atoms with E-state index in [1.807, 2.05) is 18.8 Å². The first-order valence-corrected chi connectivity index (χ1v) is 7.58. The van der Waals surface area contributed by atoms with E-state index in [-0.39, 0.29) is 0 Å². The fourth-order valence-electron chi connectivity index (χ4n) is 2.47. The summed E-state index contributed by atoms with van der Waals surface area (Å²) < 4.78 is 2.83. The second-order valence-electron chi connectivity index (χ2n) is 5.39. The molecule has 1 N–H and O–H groups in total. The van der Waals surface area contributed by atoms with Gasteiger partial charge in [0.05, 0.1) is 29.0 Å². The highest BCUT2D eigenvalue weighted by atomic mass is 79.9. The van der Waals surface area contributed by atoms with Crippen molar-refractivity contribution in [2.45, 2.75) is 31.9 Å². The molecule has 0 bridgehead atoms. The van der Waals surface area contributed by atoms with Crippen LogP contribution in [0.5, 0.6) is 0 Å². The Morgan fingerprint density at radius 1 is 1.53 bits per heavy atom. The highest BCUT2D eigenvalue weighted by molar-refractivity contribution is 9.10. The molecule has 0 radical (unpaired) electrons. The number of aliphatic hydroxyl groups is 1. The molecular weight excluding hydrogens is 306 g/mol. The SMILES string of the molecule is CN(C)CCn1ncc(Br)c1C(O)C1CC=CCC1. The van der Waals surface area contributed by atoms with Crippen molar-refractivity contribution >= 4 is 15.9 Å². The van der Waals surface area contributed by atoms with Gasteiger partial charge in [-0.15, -0.1) is 0 Å². The Bertz CT molecular complexity index is 442. The zero-order chi connectivity index (χ0) is 13.8. The van der Waals surface area contributed by atoms with Crippen LogP contribution in [0.4, 0.5) is 0 Å². The van der Waals surface area contributed by atoms with Crippen molar-refractivity contribution in [1.29, 1.82) is 0 Å². The Morgan fingerprint density at radius 2 is 2.32 bits per heavy atom. The molecule has 0 aromatic carbocycles. The summed E-state index contributed by atoms with van der Waals surface area (Å²) in [6.07, 6.45) is 8.77. The maximum Gasteiger partial charge on any atom is 0.0999 e. The quantitative estimate of drug-likeness (QED) is 0.845. The zero-order valence-electron chi connectivity index (χ0n) is 11.6. The van der Waals surface area contributed by atoms with Crippen LogP contribution < -0.4 is 0 Å². The van der Waals surface area contributed by atoms with E-state index in [1.165, 1.54) is 0 Å². The number of aliphatic hydroxyl groups excluding tert-OH is 1. The summed E-state index contributed by atoms with van der Waals surface area (Å²) in [5, 5.41) is 15.0. The Kier molecular flexibility index (Phi) is 5.19. The average Bonchev–Trinajstić information content (AvgIpc) is 2.78. The fourth-order valence-corrected chi connectivity index (χ4v) is 3.00. The van der Waals surface area contributed by atoms with E-state index in [4.69, 9.17) is 0 Å². The highest BCUT2D eigenvalue weighted by Gasteiger charge is 2.26. The lowest BCUT2D eigenvalue weighted by molar-refractivity contribution is 0.0921. The van der Waals surface area contributed by atoms with E-state index in [0.717, 1.165) is 42.5 Å². The summed E-state index contributed by atoms with van der Waals surface area (Å²) in [6.45, 7) is 1.71. The third kappa shape index (κ3) is 3.68. The predicted molar refractivity (Wildman–Crippen MR) is 79.9 cm³/mol. The molecule has 2 rings (SSSR count). The van der Waals surface area contributed by atoms with Crippen LogP contribution in [0.3, 0.4) is 0 Å². The van der Waals surface area contributed by atoms with Crippen molar-refractivity contribution in [2.75, 3.05) is 20.6 Å². The molecule has 106 valence electrons. The van der Waals surface area contributed by atoms with E-state index < -0.39 is 6.10 Å². The molecule has 0 aliphatic heterocycles. The number of rotatable bonds is 5. The minimum Gasteiger partial charge on any atom is -0.386 e. The van der Waals surface area contributed by atoms with Gasteiger partial charge in [-0.05, 0) is 55.2 Å². The van der Waals surface area contributed by atoms with Gasteiger partial charge in [0.15, 0.2) is 0 Å². The van der Waals surface area contributed by atoms with Crippen LogP contribution in [-0.4, -0.2) is 40.4 Å². The van der Waals surface area contributed by atoms with Crippen LogP contribution in [0, 0.1) is 5.92 Å². The van der Waals surface area contributed by atoms with E-state index in [0.29, 0.717) is 5.92 Å². The summed E-state index contributed by atoms with van der Waals surface area (Å²) in [6, 6.07) is 0. The topological polar surface area (TPSA) is 41.3 Å². The molecule has 0 saturated heterocycles. The van der Waals surface area contributed by atoms with Crippen molar-refractivity contribution in [2.24, 2.45) is 5.92 Å². The predicted octanol–water partition coefficient (Wildman–Crippen LogP) is 2.60. The van der Waals surface area contributed by atoms with E-state index in [2.05, 4.69) is 38.1 Å². The number of nitrogens with zero attached hydrogens (tertiary/aromatic N) is 3. The molecule has 19 heavy (non-hydrogen) atoms. The third-order valence-corrected chi connectivity index (χ3v) is 4.24. The van der Waals surface area contributed by atoms with Gasteiger partial charge in [-0.3, -0.25) is 4.68 Å². The average molecular weight is 328 g/mol. The van der Waals surface area contributed by atoms with Gasteiger partial charge in [0.1, 0.15) is 0 Å². The summed E-state index contributed by atoms with van der Waals surface area (Å²) in [5.41, 5.74) is 0.919. The molecule has 1 aromatic rings. The second kappa shape index (κ2) is 6.68. The van der Waals surface area contributed by atoms with Crippen molar-refractivity contribution in [3.05, 3.63) is 28.5 Å². The first kappa shape index (κ1) is 14.8. The van der Waals surface area contributed by atoms with Crippen LogP contribution in [0.2, 0.25) is 0 Å². The number of likely N-dealkylation sites (N-methyl/N-ethyl adjacent to an activating group) is 1. The van der Waals surface area contributed by atoms with Gasteiger partial charge in [-0.2, -0.15) is 5.10 Å². The maximum absolute atomic E-state index is 10.6. The van der Waals surface area contributed by atoms with Gasteiger partial charge in [0.2, 0.25) is 0 Å². The molecular formula is C14H22BrN3O. The van der Waals surface area contributed by atoms with Gasteiger partial charge in [-0.1, -0.05) is 12.2 Å². The maximum atomic E-state index is 10.6. The summed E-state index contributed by atoms with van der Waals surface area (Å²) in [7, 11) is 4.08. The molecule has 2 unspecified atom stereocenters. The van der Waals surface area contributed by atoms with E-state index in [1.54, 1.807) is 6.20 Å². The molecule has 1 heterocycles. The minimum absolute atomic E-state index is 0.302. The Labute approximate surface area is 123 Å². The lowest BCUT2D eigenvalue weighted by Gasteiger charge is -2.25. The third-order valence-electron chi connectivity index (χ3n) is 3.63. The zero-order valence-corrected chi connectivity index (χ0v) is 13.2. The van der Waals surface area contributed by atoms with E-state index >= 15 is 0 Å². The smallest absolute Gasteiger partial charge is 0.0999 e. The molecule has 1 aliphatic rings. The van der Waals surface area contributed by atoms with Crippen molar-refractivity contribution in [1.82, 2.24) is 14.7 Å². The minimum atomic E-state index is -0.441. The van der Waals surface area contributed by atoms with E-state index in [9.17, 15) is 5.11 Å². The van der Waals surface area contributed by atoms with Crippen LogP contribution in [0.1, 0.15) is 31.1 Å². The lowest BCUT2D eigenvalue weighted by atomic mass is 9.88. The molecule has 1 aromatic heterocycles. The molecule has 0 fully saturated rings. The molecule has 5 heteroatoms. The first-order chi connectivity index (χ1) is 9.09. The number of allylic oxidation sites excluding steroid dienone is 2. The summed E-state index contributed by atoms with van der Waals surface area (Å²) >= 11 is 3.52. The molecule has 1 aliphatic carbocycles. The summed E-state index contributed by atoms with van der Waals surface area (Å²) in [4.78, 5) is 2.12. The van der Waals surface area contributed by atoms with Crippen molar-refractivity contribution in [3.63, 3.8) is 0 Å². The van der Waals surface area contributed by atoms with Crippen molar-refractivity contribution in [3.8, 4) is 0 Å². The number of halogens is 1. The second-order valence-corrected chi connectivity index (χ2v) is 6.25. The van der Waals surface area contributed by atoms with Crippen LogP contribution in [0.15, 0.2) is 22.8 Å². The van der Waals surface area contributed by atoms with Crippen LogP contribution in [0.25, 0.3) is 0 Å². The largest absolute Gasteiger partial charge is 0.386 e. The van der Waals surface area contributed by atoms with Crippen LogP contribution >= 0.6 is 15.9 Å². The Morgan fingerprint density at radius 3 is 2.95 bits per heavy atom. The normalized spacial score (nSPS) is 21.0. The Balaban J connectivity index is 2.13. The number of hydrogen-bond donors (Lipinski definition) is 1. The number of aromatic nitrogens is 2. The van der Waals surface area contributed by atoms with Gasteiger partial charge in [0, 0.05) is 6.54 Å². The van der Waals surface area contributed by atoms with Crippen LogP contribution in [-0.2, 0) is 6.54 Å². The monoisotopic (exact) mass is 327 g/mol. The van der Waals surface area contributed by atoms with Gasteiger partial charge in [0.25, 0.3) is 0 Å². The summed E-state index contributed by atoms with van der Waals surface area (Å²) in [5.74, 6) is 0.302. The standard InChI is InChI=1S/C14H22BrN3O/c1-17(2)8-9-18-13(12(15)10-16-18)14(19)11-6-4-3-5-7-11/h3-4,10-11,14,19H,5-9H2,1-2H3. The molecule has 0 saturated carbocycles. The van der Waals surface area contributed by atoms with Gasteiger partial charge >= 0.3 is 0 Å².